The van der Waals surface area contributed by atoms with Crippen molar-refractivity contribution in [2.24, 2.45) is 5.92 Å². The summed E-state index contributed by atoms with van der Waals surface area (Å²) in [6.45, 7) is 4.56. The lowest BCUT2D eigenvalue weighted by molar-refractivity contribution is -0.384. The first-order chi connectivity index (χ1) is 8.22. The molecule has 0 aromatic heterocycles. The Labute approximate surface area is 100 Å². The van der Waals surface area contributed by atoms with Crippen LogP contribution in [0.3, 0.4) is 0 Å². The van der Waals surface area contributed by atoms with Gasteiger partial charge >= 0.3 is 0 Å². The average Bonchev–Trinajstić information content (AvgIpc) is 2.39. The molecule has 0 saturated carbocycles. The van der Waals surface area contributed by atoms with Crippen LogP contribution in [0.15, 0.2) is 36.9 Å². The minimum Gasteiger partial charge on any atom is -0.373 e. The average molecular weight is 233 g/mol. The van der Waals surface area contributed by atoms with Crippen molar-refractivity contribution in [3.8, 4) is 0 Å². The molecular formula is C13H15NO3. The van der Waals surface area contributed by atoms with Crippen molar-refractivity contribution in [3.63, 3.8) is 0 Å². The van der Waals surface area contributed by atoms with E-state index in [1.165, 1.54) is 12.1 Å². The van der Waals surface area contributed by atoms with Crippen LogP contribution in [0, 0.1) is 16.0 Å². The lowest BCUT2D eigenvalue weighted by Gasteiger charge is -2.29. The fourth-order valence-electron chi connectivity index (χ4n) is 2.17. The Bertz CT molecular complexity index is 413. The molecule has 1 aliphatic rings. The van der Waals surface area contributed by atoms with Gasteiger partial charge in [-0.15, -0.1) is 6.58 Å². The topological polar surface area (TPSA) is 52.4 Å². The predicted molar refractivity (Wildman–Crippen MR) is 64.7 cm³/mol. The molecule has 0 unspecified atom stereocenters. The highest BCUT2D eigenvalue weighted by molar-refractivity contribution is 5.34. The zero-order valence-electron chi connectivity index (χ0n) is 9.54. The summed E-state index contributed by atoms with van der Waals surface area (Å²) >= 11 is 0. The van der Waals surface area contributed by atoms with Crippen LogP contribution in [0.4, 0.5) is 5.69 Å². The van der Waals surface area contributed by atoms with E-state index < -0.39 is 4.92 Å². The van der Waals surface area contributed by atoms with E-state index in [0.29, 0.717) is 5.92 Å². The number of nitro groups is 1. The number of nitro benzene ring substituents is 1. The summed E-state index contributed by atoms with van der Waals surface area (Å²) in [5.74, 6) is 0.296. The number of benzene rings is 1. The fraction of sp³-hybridized carbons (Fsp3) is 0.385. The summed E-state index contributed by atoms with van der Waals surface area (Å²) in [7, 11) is 0. The van der Waals surface area contributed by atoms with Gasteiger partial charge in [0.15, 0.2) is 0 Å². The normalized spacial score (nSPS) is 24.2. The number of hydrogen-bond acceptors (Lipinski definition) is 3. The van der Waals surface area contributed by atoms with E-state index in [9.17, 15) is 10.1 Å². The minimum atomic E-state index is -0.392. The maximum Gasteiger partial charge on any atom is 0.269 e. The molecule has 90 valence electrons. The van der Waals surface area contributed by atoms with Crippen LogP contribution in [-0.2, 0) is 4.74 Å². The van der Waals surface area contributed by atoms with Gasteiger partial charge < -0.3 is 4.74 Å². The number of ether oxygens (including phenoxy) is 1. The quantitative estimate of drug-likeness (QED) is 0.457. The number of nitrogens with zero attached hydrogens (tertiary/aromatic N) is 1. The molecule has 0 bridgehead atoms. The summed E-state index contributed by atoms with van der Waals surface area (Å²) in [5.41, 5.74) is 1.10. The van der Waals surface area contributed by atoms with Crippen molar-refractivity contribution in [1.29, 1.82) is 0 Å². The minimum absolute atomic E-state index is 0.0120. The summed E-state index contributed by atoms with van der Waals surface area (Å²) in [6.07, 6.45) is 4.00. The van der Waals surface area contributed by atoms with E-state index in [1.807, 2.05) is 6.08 Å². The maximum atomic E-state index is 10.6. The summed E-state index contributed by atoms with van der Waals surface area (Å²) in [4.78, 5) is 10.2. The molecule has 0 aliphatic carbocycles. The monoisotopic (exact) mass is 233 g/mol. The van der Waals surface area contributed by atoms with Crippen LogP contribution in [0.5, 0.6) is 0 Å². The molecule has 0 amide bonds. The molecule has 1 heterocycles. The van der Waals surface area contributed by atoms with Crippen molar-refractivity contribution < 1.29 is 9.66 Å². The third-order valence-corrected chi connectivity index (χ3v) is 3.10. The molecule has 0 spiro atoms. The summed E-state index contributed by atoms with van der Waals surface area (Å²) < 4.78 is 5.73. The highest BCUT2D eigenvalue weighted by Gasteiger charge is 2.25. The maximum absolute atomic E-state index is 10.6. The van der Waals surface area contributed by atoms with Crippen molar-refractivity contribution in [2.45, 2.75) is 18.9 Å². The third-order valence-electron chi connectivity index (χ3n) is 3.10. The van der Waals surface area contributed by atoms with Crippen molar-refractivity contribution in [2.75, 3.05) is 6.61 Å². The second-order valence-electron chi connectivity index (χ2n) is 4.18. The molecular weight excluding hydrogens is 218 g/mol. The Morgan fingerprint density at radius 1 is 1.41 bits per heavy atom. The van der Waals surface area contributed by atoms with Crippen LogP contribution in [0.25, 0.3) is 0 Å². The molecule has 4 heteroatoms. The predicted octanol–water partition coefficient (Wildman–Crippen LogP) is 3.25. The fourth-order valence-corrected chi connectivity index (χ4v) is 2.17. The van der Waals surface area contributed by atoms with Gasteiger partial charge in [0.2, 0.25) is 0 Å². The van der Waals surface area contributed by atoms with E-state index in [0.717, 1.165) is 25.0 Å². The van der Waals surface area contributed by atoms with E-state index >= 15 is 0 Å². The third kappa shape index (κ3) is 2.53. The number of non-ortho nitro benzene ring substituents is 1. The van der Waals surface area contributed by atoms with Crippen molar-refractivity contribution in [3.05, 3.63) is 52.6 Å². The van der Waals surface area contributed by atoms with E-state index in [1.54, 1.807) is 12.1 Å². The Balaban J connectivity index is 2.20. The van der Waals surface area contributed by atoms with Gasteiger partial charge in [-0.1, -0.05) is 6.08 Å². The first kappa shape index (κ1) is 11.8. The summed E-state index contributed by atoms with van der Waals surface area (Å²) in [5, 5.41) is 10.6. The molecule has 1 aromatic carbocycles. The molecule has 4 nitrogen and oxygen atoms in total. The molecule has 2 rings (SSSR count). The molecule has 1 aliphatic heterocycles. The Hall–Kier alpha value is -1.68. The summed E-state index contributed by atoms with van der Waals surface area (Å²) in [6, 6.07) is 6.58. The molecule has 0 radical (unpaired) electrons. The lowest BCUT2D eigenvalue weighted by Crippen LogP contribution is -2.20. The Morgan fingerprint density at radius 3 is 2.71 bits per heavy atom. The zero-order valence-corrected chi connectivity index (χ0v) is 9.54. The van der Waals surface area contributed by atoms with Gasteiger partial charge in [-0.3, -0.25) is 10.1 Å². The van der Waals surface area contributed by atoms with Gasteiger partial charge in [0, 0.05) is 24.7 Å². The Morgan fingerprint density at radius 2 is 2.12 bits per heavy atom. The molecule has 1 fully saturated rings. The molecule has 2 atom stereocenters. The number of hydrogen-bond donors (Lipinski definition) is 0. The van der Waals surface area contributed by atoms with Crippen molar-refractivity contribution >= 4 is 5.69 Å². The van der Waals surface area contributed by atoms with Gasteiger partial charge in [0.05, 0.1) is 11.0 Å². The van der Waals surface area contributed by atoms with Gasteiger partial charge in [-0.05, 0) is 30.5 Å². The van der Waals surface area contributed by atoms with E-state index in [-0.39, 0.29) is 11.8 Å². The van der Waals surface area contributed by atoms with Gasteiger partial charge in [-0.2, -0.15) is 0 Å². The first-order valence-electron chi connectivity index (χ1n) is 5.71. The van der Waals surface area contributed by atoms with Gasteiger partial charge in [0.1, 0.15) is 0 Å². The van der Waals surface area contributed by atoms with E-state index in [2.05, 4.69) is 6.58 Å². The molecule has 1 saturated heterocycles. The van der Waals surface area contributed by atoms with Gasteiger partial charge in [-0.25, -0.2) is 0 Å². The van der Waals surface area contributed by atoms with Gasteiger partial charge in [0.25, 0.3) is 5.69 Å². The highest BCUT2D eigenvalue weighted by Crippen LogP contribution is 2.34. The first-order valence-corrected chi connectivity index (χ1v) is 5.71. The lowest BCUT2D eigenvalue weighted by atomic mass is 9.89. The smallest absolute Gasteiger partial charge is 0.269 e. The van der Waals surface area contributed by atoms with Crippen molar-refractivity contribution in [1.82, 2.24) is 0 Å². The largest absolute Gasteiger partial charge is 0.373 e. The van der Waals surface area contributed by atoms with Crippen LogP contribution < -0.4 is 0 Å². The highest BCUT2D eigenvalue weighted by atomic mass is 16.6. The molecule has 17 heavy (non-hydrogen) atoms. The van der Waals surface area contributed by atoms with Crippen LogP contribution in [-0.4, -0.2) is 11.5 Å². The molecule has 1 aromatic rings. The molecule has 0 N–H and O–H groups in total. The van der Waals surface area contributed by atoms with Crippen LogP contribution >= 0.6 is 0 Å². The zero-order chi connectivity index (χ0) is 12.3. The van der Waals surface area contributed by atoms with Crippen LogP contribution in [0.2, 0.25) is 0 Å². The second-order valence-corrected chi connectivity index (χ2v) is 4.18. The van der Waals surface area contributed by atoms with Crippen LogP contribution in [0.1, 0.15) is 24.5 Å². The Kier molecular flexibility index (Phi) is 3.54. The standard InChI is InChI=1S/C13H15NO3/c1-2-10-4-3-9-17-13(10)11-5-7-12(8-6-11)14(15)16/h2,5-8,10,13H,1,3-4,9H2/t10-,13-/m1/s1. The van der Waals surface area contributed by atoms with E-state index in [4.69, 9.17) is 4.74 Å². The second kappa shape index (κ2) is 5.10. The number of rotatable bonds is 3. The SMILES string of the molecule is C=C[C@@H]1CCCO[C@H]1c1ccc([N+](=O)[O-])cc1.